The van der Waals surface area contributed by atoms with E-state index in [0.717, 1.165) is 5.56 Å². The normalized spacial score (nSPS) is 30.6. The summed E-state index contributed by atoms with van der Waals surface area (Å²) in [5, 5.41) is 0. The minimum absolute atomic E-state index is 0.0964. The van der Waals surface area contributed by atoms with E-state index in [1.54, 1.807) is 39.8 Å². The predicted octanol–water partition coefficient (Wildman–Crippen LogP) is 4.65. The molecule has 240 valence electrons. The Kier molecular flexibility index (Phi) is 9.65. The molecule has 4 rings (SSSR count). The maximum absolute atomic E-state index is 14.3. The fraction of sp³-hybridized carbons (Fsp3) is 0.486. The lowest BCUT2D eigenvalue weighted by molar-refractivity contribution is -0.168. The Bertz CT molecular complexity index is 1500. The molecule has 3 aliphatic rings. The Morgan fingerprint density at radius 3 is 2.04 bits per heavy atom. The van der Waals surface area contributed by atoms with E-state index in [0.29, 0.717) is 11.1 Å². The molecule has 1 fully saturated rings. The molecule has 1 aromatic carbocycles. The molecule has 10 nitrogen and oxygen atoms in total. The molecule has 1 aromatic rings. The zero-order valence-corrected chi connectivity index (χ0v) is 26.7. The van der Waals surface area contributed by atoms with Crippen molar-refractivity contribution in [1.29, 1.82) is 0 Å². The highest BCUT2D eigenvalue weighted by Crippen LogP contribution is 2.52. The lowest BCUT2D eigenvalue weighted by atomic mass is 9.57. The molecule has 3 aliphatic carbocycles. The predicted molar refractivity (Wildman–Crippen MR) is 162 cm³/mol. The summed E-state index contributed by atoms with van der Waals surface area (Å²) in [6, 6.07) is 9.15. The summed E-state index contributed by atoms with van der Waals surface area (Å²) < 4.78 is 23.0. The second-order valence-corrected chi connectivity index (χ2v) is 12.8. The molecule has 6 atom stereocenters. The second kappa shape index (κ2) is 12.9. The SMILES string of the molecule is CC(=O)O[C@H]1C[C@H]2[C@@H](OC(C)=O)/C=C3\C[C@](C)(C(=O)C(=O)C(=C1C)C2(C)C)[C@@H](OC(C)=O)C[C@@H]3OC(=O)/C=C/c1ccccc1. The van der Waals surface area contributed by atoms with Gasteiger partial charge in [-0.05, 0) is 55.6 Å². The van der Waals surface area contributed by atoms with Crippen molar-refractivity contribution in [1.82, 2.24) is 0 Å². The van der Waals surface area contributed by atoms with Gasteiger partial charge in [0.25, 0.3) is 0 Å². The first-order valence-corrected chi connectivity index (χ1v) is 15.0. The van der Waals surface area contributed by atoms with Gasteiger partial charge < -0.3 is 18.9 Å². The molecule has 45 heavy (non-hydrogen) atoms. The number of fused-ring (bicyclic) bond motifs is 4. The number of carbonyl (C=O) groups is 6. The maximum Gasteiger partial charge on any atom is 0.331 e. The summed E-state index contributed by atoms with van der Waals surface area (Å²) in [5.41, 5.74) is -0.717. The van der Waals surface area contributed by atoms with Gasteiger partial charge in [0.2, 0.25) is 11.6 Å². The average molecular weight is 621 g/mol. The van der Waals surface area contributed by atoms with E-state index < -0.39 is 76.6 Å². The molecule has 0 saturated heterocycles. The molecule has 0 heterocycles. The average Bonchev–Trinajstić information content (AvgIpc) is 2.94. The molecule has 10 heteroatoms. The quantitative estimate of drug-likeness (QED) is 0.145. The number of benzene rings is 1. The number of carbonyl (C=O) groups excluding carboxylic acids is 6. The van der Waals surface area contributed by atoms with Gasteiger partial charge in [-0.25, -0.2) is 4.79 Å². The van der Waals surface area contributed by atoms with Crippen LogP contribution in [-0.2, 0) is 47.7 Å². The smallest absolute Gasteiger partial charge is 0.331 e. The van der Waals surface area contributed by atoms with Gasteiger partial charge in [0.15, 0.2) is 0 Å². The van der Waals surface area contributed by atoms with Crippen molar-refractivity contribution in [3.8, 4) is 0 Å². The van der Waals surface area contributed by atoms with Gasteiger partial charge in [-0.1, -0.05) is 44.2 Å². The molecule has 0 aromatic heterocycles. The second-order valence-electron chi connectivity index (χ2n) is 12.8. The molecule has 0 N–H and O–H groups in total. The van der Waals surface area contributed by atoms with Crippen molar-refractivity contribution in [3.05, 3.63) is 64.8 Å². The molecule has 0 amide bonds. The Labute approximate surface area is 262 Å². The fourth-order valence-corrected chi connectivity index (χ4v) is 6.98. The van der Waals surface area contributed by atoms with Gasteiger partial charge in [0.1, 0.15) is 24.4 Å². The molecule has 1 saturated carbocycles. The number of hydrogen-bond acceptors (Lipinski definition) is 10. The Hall–Kier alpha value is -4.34. The monoisotopic (exact) mass is 620 g/mol. The van der Waals surface area contributed by atoms with Crippen molar-refractivity contribution in [3.63, 3.8) is 0 Å². The minimum atomic E-state index is -1.54. The van der Waals surface area contributed by atoms with Crippen LogP contribution in [0.1, 0.15) is 73.3 Å². The number of ketones is 2. The summed E-state index contributed by atoms with van der Waals surface area (Å²) in [6.07, 6.45) is 0.701. The Balaban J connectivity index is 1.88. The lowest BCUT2D eigenvalue weighted by Crippen LogP contribution is -2.55. The van der Waals surface area contributed by atoms with Gasteiger partial charge in [-0.3, -0.25) is 24.0 Å². The number of esters is 4. The number of Topliss-reactive ketones (excluding diaryl/α,β-unsaturated/α-hetero) is 2. The zero-order valence-electron chi connectivity index (χ0n) is 26.7. The maximum atomic E-state index is 14.3. The highest BCUT2D eigenvalue weighted by atomic mass is 16.6. The summed E-state index contributed by atoms with van der Waals surface area (Å²) in [4.78, 5) is 78.4. The first kappa shape index (κ1) is 33.6. The van der Waals surface area contributed by atoms with Gasteiger partial charge in [-0.15, -0.1) is 0 Å². The highest BCUT2D eigenvalue weighted by Gasteiger charge is 2.57. The van der Waals surface area contributed by atoms with Crippen LogP contribution in [0.3, 0.4) is 0 Å². The third kappa shape index (κ3) is 7.00. The van der Waals surface area contributed by atoms with Gasteiger partial charge >= 0.3 is 23.9 Å². The van der Waals surface area contributed by atoms with Crippen LogP contribution in [-0.4, -0.2) is 59.9 Å². The van der Waals surface area contributed by atoms with Crippen LogP contribution in [0.25, 0.3) is 6.08 Å². The van der Waals surface area contributed by atoms with E-state index >= 15 is 0 Å². The topological polar surface area (TPSA) is 139 Å². The van der Waals surface area contributed by atoms with Crippen LogP contribution >= 0.6 is 0 Å². The molecular formula is C35H40O10. The molecule has 0 unspecified atom stereocenters. The van der Waals surface area contributed by atoms with Crippen LogP contribution in [0, 0.1) is 16.7 Å². The zero-order chi connectivity index (χ0) is 33.3. The van der Waals surface area contributed by atoms with Crippen molar-refractivity contribution < 1.29 is 47.7 Å². The first-order valence-electron chi connectivity index (χ1n) is 15.0. The van der Waals surface area contributed by atoms with Crippen LogP contribution in [0.15, 0.2) is 59.2 Å². The van der Waals surface area contributed by atoms with E-state index in [9.17, 15) is 28.8 Å². The standard InChI is InChI=1S/C35H40O10/c1-19-26(42-20(2)36)16-25-28(43-21(3)37)15-24-18-35(7,33(41)32(40)31(19)34(25,5)6)29(44-22(4)38)17-27(24)45-30(39)14-13-23-11-9-8-10-12-23/h8-15,25-29H,16-18H2,1-7H3/b14-13+,24-15+/t25-,26-,27-,28-,29-,35-/m0/s1. The minimum Gasteiger partial charge on any atom is -0.461 e. The van der Waals surface area contributed by atoms with Crippen molar-refractivity contribution in [2.75, 3.05) is 0 Å². The largest absolute Gasteiger partial charge is 0.461 e. The van der Waals surface area contributed by atoms with Crippen LogP contribution < -0.4 is 0 Å². The molecular weight excluding hydrogens is 580 g/mol. The van der Waals surface area contributed by atoms with Gasteiger partial charge in [-0.2, -0.15) is 0 Å². The first-order chi connectivity index (χ1) is 21.0. The van der Waals surface area contributed by atoms with Crippen LogP contribution in [0.5, 0.6) is 0 Å². The van der Waals surface area contributed by atoms with Gasteiger partial charge in [0.05, 0.1) is 5.41 Å². The molecule has 0 spiro atoms. The van der Waals surface area contributed by atoms with E-state index in [4.69, 9.17) is 18.9 Å². The lowest BCUT2D eigenvalue weighted by Gasteiger charge is -2.49. The molecule has 0 aliphatic heterocycles. The van der Waals surface area contributed by atoms with E-state index in [2.05, 4.69) is 0 Å². The Morgan fingerprint density at radius 2 is 1.44 bits per heavy atom. The number of ether oxygens (including phenoxy) is 4. The summed E-state index contributed by atoms with van der Waals surface area (Å²) >= 11 is 0. The molecule has 0 radical (unpaired) electrons. The van der Waals surface area contributed by atoms with E-state index in [1.165, 1.54) is 26.8 Å². The number of allylic oxidation sites excluding steroid dienone is 1. The third-order valence-electron chi connectivity index (χ3n) is 9.16. The van der Waals surface area contributed by atoms with Crippen molar-refractivity contribution >= 4 is 41.5 Å². The van der Waals surface area contributed by atoms with Crippen LogP contribution in [0.4, 0.5) is 0 Å². The summed E-state index contributed by atoms with van der Waals surface area (Å²) in [5.74, 6) is -4.65. The number of rotatable bonds is 6. The fourth-order valence-electron chi connectivity index (χ4n) is 6.98. The summed E-state index contributed by atoms with van der Waals surface area (Å²) in [7, 11) is 0. The Morgan fingerprint density at radius 1 is 0.822 bits per heavy atom. The highest BCUT2D eigenvalue weighted by molar-refractivity contribution is 6.45. The summed E-state index contributed by atoms with van der Waals surface area (Å²) in [6.45, 7) is 10.5. The molecule has 4 bridgehead atoms. The third-order valence-corrected chi connectivity index (χ3v) is 9.16. The van der Waals surface area contributed by atoms with Crippen molar-refractivity contribution in [2.24, 2.45) is 16.7 Å². The number of hydrogen-bond donors (Lipinski definition) is 0. The van der Waals surface area contributed by atoms with Crippen LogP contribution in [0.2, 0.25) is 0 Å². The van der Waals surface area contributed by atoms with Gasteiger partial charge in [0, 0.05) is 50.2 Å². The van der Waals surface area contributed by atoms with Crippen molar-refractivity contribution in [2.45, 2.75) is 92.1 Å². The van der Waals surface area contributed by atoms with E-state index in [1.807, 2.05) is 30.3 Å². The van der Waals surface area contributed by atoms with E-state index in [-0.39, 0.29) is 24.8 Å².